The molecule has 0 saturated carbocycles. The van der Waals surface area contributed by atoms with E-state index in [0.29, 0.717) is 0 Å². The smallest absolute Gasteiger partial charge is 0.480 e. The van der Waals surface area contributed by atoms with Gasteiger partial charge in [-0.05, 0) is 0 Å². The second-order valence-corrected chi connectivity index (χ2v) is 4.33. The highest BCUT2D eigenvalue weighted by molar-refractivity contribution is 5.85. The Labute approximate surface area is 135 Å². The molecule has 0 radical (unpaired) electrons. The molecule has 0 aliphatic carbocycles. The van der Waals surface area contributed by atoms with Crippen molar-refractivity contribution in [3.8, 4) is 0 Å². The molecule has 0 spiro atoms. The van der Waals surface area contributed by atoms with E-state index in [9.17, 15) is 57.9 Å². The van der Waals surface area contributed by atoms with Gasteiger partial charge in [0, 0.05) is 7.05 Å². The van der Waals surface area contributed by atoms with Gasteiger partial charge in [0.25, 0.3) is 0 Å². The lowest BCUT2D eigenvalue weighted by atomic mass is 10.3. The van der Waals surface area contributed by atoms with Crippen molar-refractivity contribution in [2.45, 2.75) is 30.6 Å². The topological polar surface area (TPSA) is 76.1 Å². The van der Waals surface area contributed by atoms with E-state index in [0.717, 1.165) is 0 Å². The number of alkyl halides is 11. The van der Waals surface area contributed by atoms with Gasteiger partial charge in [-0.1, -0.05) is 0 Å². The summed E-state index contributed by atoms with van der Waals surface area (Å²) in [5.74, 6) is -12.3. The predicted octanol–water partition coefficient (Wildman–Crippen LogP) is 2.50. The molecule has 0 unspecified atom stereocenters. The largest absolute Gasteiger partial charge is 0.527 e. The summed E-state index contributed by atoms with van der Waals surface area (Å²) in [7, 11) is 0.255. The van der Waals surface area contributed by atoms with Crippen molar-refractivity contribution in [3.05, 3.63) is 0 Å². The summed E-state index contributed by atoms with van der Waals surface area (Å²) in [4.78, 5) is 20.6. The standard InChI is InChI=1S/C9H6F11NO5/c1-21(2-3(22)23)4(24)5(10,11)25-7(14,15)6(12,13)8(16,17)26-9(18,19)20/h2H2,1H3,(H,22,23). The minimum absolute atomic E-state index is 0.255. The highest BCUT2D eigenvalue weighted by Gasteiger charge is 2.78. The number of nitrogens with zero attached hydrogens (tertiary/aromatic N) is 1. The average molecular weight is 417 g/mol. The summed E-state index contributed by atoms with van der Waals surface area (Å²) in [6.45, 7) is -1.58. The Balaban J connectivity index is 5.60. The van der Waals surface area contributed by atoms with Gasteiger partial charge in [0.05, 0.1) is 0 Å². The number of ether oxygens (including phenoxy) is 2. The van der Waals surface area contributed by atoms with Crippen LogP contribution in [-0.2, 0) is 19.1 Å². The fourth-order valence-electron chi connectivity index (χ4n) is 1.14. The maximum absolute atomic E-state index is 13.1. The molecule has 0 heterocycles. The van der Waals surface area contributed by atoms with Crippen LogP contribution in [0.1, 0.15) is 0 Å². The second-order valence-electron chi connectivity index (χ2n) is 4.33. The van der Waals surface area contributed by atoms with Crippen LogP contribution in [0.5, 0.6) is 0 Å². The number of hydrogen-bond acceptors (Lipinski definition) is 4. The zero-order chi connectivity index (χ0) is 21.4. The minimum Gasteiger partial charge on any atom is -0.480 e. The highest BCUT2D eigenvalue weighted by Crippen LogP contribution is 2.50. The van der Waals surface area contributed by atoms with Crippen LogP contribution in [0.3, 0.4) is 0 Å². The lowest BCUT2D eigenvalue weighted by molar-refractivity contribution is -0.520. The van der Waals surface area contributed by atoms with E-state index in [-0.39, 0.29) is 7.05 Å². The molecule has 0 atom stereocenters. The molecule has 0 aliphatic heterocycles. The minimum atomic E-state index is -7.33. The van der Waals surface area contributed by atoms with Crippen LogP contribution in [0.2, 0.25) is 0 Å². The van der Waals surface area contributed by atoms with Gasteiger partial charge in [-0.25, -0.2) is 9.47 Å². The zero-order valence-corrected chi connectivity index (χ0v) is 11.9. The monoisotopic (exact) mass is 417 g/mol. The fourth-order valence-corrected chi connectivity index (χ4v) is 1.14. The summed E-state index contributed by atoms with van der Waals surface area (Å²) >= 11 is 0. The molecule has 1 N–H and O–H groups in total. The normalized spacial score (nSPS) is 14.3. The second kappa shape index (κ2) is 7.01. The third kappa shape index (κ3) is 5.55. The summed E-state index contributed by atoms with van der Waals surface area (Å²) in [6.07, 6.45) is -26.7. The van der Waals surface area contributed by atoms with Crippen LogP contribution in [0.25, 0.3) is 0 Å². The van der Waals surface area contributed by atoms with Crippen molar-refractivity contribution in [1.29, 1.82) is 0 Å². The van der Waals surface area contributed by atoms with Crippen LogP contribution in [0.4, 0.5) is 48.3 Å². The molecule has 26 heavy (non-hydrogen) atoms. The number of likely N-dealkylation sites (N-methyl/N-ethyl adjacent to an activating group) is 1. The third-order valence-corrected chi connectivity index (χ3v) is 2.20. The van der Waals surface area contributed by atoms with Crippen molar-refractivity contribution in [2.24, 2.45) is 0 Å². The van der Waals surface area contributed by atoms with Gasteiger partial charge >= 0.3 is 42.5 Å². The van der Waals surface area contributed by atoms with Crippen molar-refractivity contribution in [2.75, 3.05) is 13.6 Å². The first-order chi connectivity index (χ1) is 11.2. The van der Waals surface area contributed by atoms with Crippen LogP contribution in [-0.4, -0.2) is 66.1 Å². The molecule has 0 aliphatic rings. The van der Waals surface area contributed by atoms with Crippen molar-refractivity contribution < 1.29 is 72.5 Å². The van der Waals surface area contributed by atoms with Crippen molar-refractivity contribution >= 4 is 11.9 Å². The van der Waals surface area contributed by atoms with Crippen LogP contribution >= 0.6 is 0 Å². The van der Waals surface area contributed by atoms with Gasteiger partial charge in [-0.2, -0.15) is 35.1 Å². The molecule has 0 saturated heterocycles. The lowest BCUT2D eigenvalue weighted by Crippen LogP contribution is -2.61. The quantitative estimate of drug-likeness (QED) is 0.615. The fraction of sp³-hybridized carbons (Fsp3) is 0.778. The van der Waals surface area contributed by atoms with Crippen molar-refractivity contribution in [3.63, 3.8) is 0 Å². The first-order valence-electron chi connectivity index (χ1n) is 5.62. The molecule has 0 aromatic rings. The molecule has 0 rings (SSSR count). The number of carbonyl (C=O) groups excluding carboxylic acids is 1. The van der Waals surface area contributed by atoms with Crippen LogP contribution in [0, 0.1) is 0 Å². The van der Waals surface area contributed by atoms with E-state index in [1.54, 1.807) is 0 Å². The maximum atomic E-state index is 13.1. The lowest BCUT2D eigenvalue weighted by Gasteiger charge is -2.33. The van der Waals surface area contributed by atoms with Crippen molar-refractivity contribution in [1.82, 2.24) is 4.90 Å². The van der Waals surface area contributed by atoms with Gasteiger partial charge < -0.3 is 10.0 Å². The van der Waals surface area contributed by atoms with Crippen LogP contribution in [0.15, 0.2) is 0 Å². The Kier molecular flexibility index (Phi) is 6.50. The van der Waals surface area contributed by atoms with E-state index in [2.05, 4.69) is 0 Å². The summed E-state index contributed by atoms with van der Waals surface area (Å²) in [5.41, 5.74) is 0. The zero-order valence-electron chi connectivity index (χ0n) is 11.9. The molecule has 1 amide bonds. The van der Waals surface area contributed by atoms with Gasteiger partial charge in [0.2, 0.25) is 0 Å². The third-order valence-electron chi connectivity index (χ3n) is 2.20. The van der Waals surface area contributed by atoms with E-state index < -0.39 is 53.9 Å². The van der Waals surface area contributed by atoms with E-state index in [1.165, 1.54) is 4.74 Å². The number of rotatable bonds is 8. The SMILES string of the molecule is CN(CC(=O)O)C(=O)C(F)(F)OC(F)(F)C(F)(F)C(F)(F)OC(F)(F)F. The number of carbonyl (C=O) groups is 2. The summed E-state index contributed by atoms with van der Waals surface area (Å²) in [5, 5.41) is 8.21. The molecule has 6 nitrogen and oxygen atoms in total. The van der Waals surface area contributed by atoms with E-state index >= 15 is 0 Å². The maximum Gasteiger partial charge on any atom is 0.527 e. The Hall–Kier alpha value is -1.91. The van der Waals surface area contributed by atoms with E-state index in [4.69, 9.17) is 5.11 Å². The molecular formula is C9H6F11NO5. The molecule has 0 fully saturated rings. The summed E-state index contributed by atoms with van der Waals surface area (Å²) < 4.78 is 142. The Morgan fingerprint density at radius 1 is 0.846 bits per heavy atom. The Morgan fingerprint density at radius 3 is 1.58 bits per heavy atom. The number of carboxylic acids is 1. The summed E-state index contributed by atoms with van der Waals surface area (Å²) in [6, 6.07) is 0. The first kappa shape index (κ1) is 24.1. The molecular weight excluding hydrogens is 411 g/mol. The van der Waals surface area contributed by atoms with Crippen LogP contribution < -0.4 is 0 Å². The molecule has 0 aromatic carbocycles. The van der Waals surface area contributed by atoms with E-state index in [1.807, 2.05) is 4.74 Å². The van der Waals surface area contributed by atoms with Gasteiger partial charge in [-0.15, -0.1) is 13.2 Å². The predicted molar refractivity (Wildman–Crippen MR) is 53.3 cm³/mol. The average Bonchev–Trinajstić information content (AvgIpc) is 2.32. The van der Waals surface area contributed by atoms with Gasteiger partial charge in [0.1, 0.15) is 6.54 Å². The molecule has 154 valence electrons. The number of hydrogen-bond donors (Lipinski definition) is 1. The Morgan fingerprint density at radius 2 is 1.23 bits per heavy atom. The number of aliphatic carboxylic acids is 1. The number of halogens is 11. The Bertz CT molecular complexity index is 547. The molecule has 17 heteroatoms. The van der Waals surface area contributed by atoms with Gasteiger partial charge in [0.15, 0.2) is 0 Å². The highest BCUT2D eigenvalue weighted by atomic mass is 19.4. The molecule has 0 aromatic heterocycles. The number of carboxylic acid groups (broad SMARTS) is 1. The first-order valence-corrected chi connectivity index (χ1v) is 5.62. The van der Waals surface area contributed by atoms with Gasteiger partial charge in [-0.3, -0.25) is 9.59 Å². The molecule has 0 bridgehead atoms. The number of amides is 1.